The molecule has 3 aromatic heterocycles. The molecule has 26 heavy (non-hydrogen) atoms. The van der Waals surface area contributed by atoms with Crippen molar-refractivity contribution in [2.45, 2.75) is 20.4 Å². The summed E-state index contributed by atoms with van der Waals surface area (Å²) in [4.78, 5) is 25.7. The first-order valence-electron chi connectivity index (χ1n) is 8.21. The van der Waals surface area contributed by atoms with Gasteiger partial charge in [-0.25, -0.2) is 19.6 Å². The number of nitrogens with zero attached hydrogens (tertiary/aromatic N) is 5. The van der Waals surface area contributed by atoms with Crippen molar-refractivity contribution in [1.29, 1.82) is 0 Å². The molecule has 0 bridgehead atoms. The largest absolute Gasteiger partial charge is 0.383 e. The Balaban J connectivity index is 1.63. The average molecular weight is 375 g/mol. The molecule has 10 heteroatoms. The van der Waals surface area contributed by atoms with Crippen molar-refractivity contribution in [1.82, 2.24) is 30.0 Å². The molecule has 0 saturated carbocycles. The topological polar surface area (TPSA) is 107 Å². The van der Waals surface area contributed by atoms with E-state index in [-0.39, 0.29) is 5.91 Å². The van der Waals surface area contributed by atoms with E-state index in [1.807, 2.05) is 13.8 Å². The molecular formula is C16H21N7O2S. The second-order valence-electron chi connectivity index (χ2n) is 5.65. The Kier molecular flexibility index (Phi) is 5.74. The number of fused-ring (bicyclic) bond motifs is 1. The van der Waals surface area contributed by atoms with Crippen LogP contribution in [0.4, 0.5) is 5.82 Å². The van der Waals surface area contributed by atoms with Crippen LogP contribution in [0.25, 0.3) is 11.0 Å². The van der Waals surface area contributed by atoms with Crippen LogP contribution in [-0.4, -0.2) is 57.4 Å². The molecule has 0 unspecified atom stereocenters. The van der Waals surface area contributed by atoms with Gasteiger partial charge in [-0.3, -0.25) is 4.79 Å². The van der Waals surface area contributed by atoms with Crippen LogP contribution in [0.1, 0.15) is 20.4 Å². The lowest BCUT2D eigenvalue weighted by atomic mass is 10.3. The highest BCUT2D eigenvalue weighted by molar-refractivity contribution is 7.13. The number of methoxy groups -OCH3 is 1. The molecule has 3 aromatic rings. The van der Waals surface area contributed by atoms with E-state index in [1.165, 1.54) is 17.7 Å². The highest BCUT2D eigenvalue weighted by atomic mass is 32.1. The Morgan fingerprint density at radius 3 is 2.88 bits per heavy atom. The van der Waals surface area contributed by atoms with E-state index in [2.05, 4.69) is 30.7 Å². The Labute approximate surface area is 154 Å². The van der Waals surface area contributed by atoms with E-state index in [0.717, 1.165) is 27.6 Å². The minimum atomic E-state index is -0.110. The maximum Gasteiger partial charge on any atom is 0.263 e. The van der Waals surface area contributed by atoms with Crippen LogP contribution in [-0.2, 0) is 11.3 Å². The molecule has 0 aliphatic heterocycles. The summed E-state index contributed by atoms with van der Waals surface area (Å²) in [6, 6.07) is 0. The number of aryl methyl sites for hydroxylation is 2. The normalized spacial score (nSPS) is 11.0. The highest BCUT2D eigenvalue weighted by Crippen LogP contribution is 2.18. The second-order valence-corrected chi connectivity index (χ2v) is 6.85. The van der Waals surface area contributed by atoms with Gasteiger partial charge in [0.1, 0.15) is 17.0 Å². The monoisotopic (exact) mass is 375 g/mol. The molecule has 0 aliphatic rings. The van der Waals surface area contributed by atoms with Gasteiger partial charge in [0.15, 0.2) is 5.65 Å². The minimum Gasteiger partial charge on any atom is -0.383 e. The van der Waals surface area contributed by atoms with E-state index in [4.69, 9.17) is 4.74 Å². The van der Waals surface area contributed by atoms with Gasteiger partial charge in [-0.1, -0.05) is 0 Å². The lowest BCUT2D eigenvalue weighted by Gasteiger charge is -2.07. The number of ether oxygens (including phenoxy) is 1. The number of carbonyl (C=O) groups excluding carboxylic acids is 1. The zero-order valence-electron chi connectivity index (χ0n) is 14.9. The molecule has 1 amide bonds. The molecule has 0 aliphatic carbocycles. The van der Waals surface area contributed by atoms with Gasteiger partial charge < -0.3 is 15.4 Å². The summed E-state index contributed by atoms with van der Waals surface area (Å²) in [6.45, 7) is 5.93. The van der Waals surface area contributed by atoms with Crippen LogP contribution in [0, 0.1) is 13.8 Å². The molecule has 0 fully saturated rings. The summed E-state index contributed by atoms with van der Waals surface area (Å²) in [5.41, 5.74) is 1.48. The fourth-order valence-electron chi connectivity index (χ4n) is 2.57. The smallest absolute Gasteiger partial charge is 0.263 e. The summed E-state index contributed by atoms with van der Waals surface area (Å²) >= 11 is 1.40. The van der Waals surface area contributed by atoms with Crippen molar-refractivity contribution < 1.29 is 9.53 Å². The summed E-state index contributed by atoms with van der Waals surface area (Å²) < 4.78 is 6.79. The maximum atomic E-state index is 12.3. The van der Waals surface area contributed by atoms with Crippen molar-refractivity contribution >= 4 is 34.1 Å². The van der Waals surface area contributed by atoms with Crippen LogP contribution in [0.15, 0.2) is 12.5 Å². The number of thiazole rings is 1. The predicted octanol–water partition coefficient (Wildman–Crippen LogP) is 1.39. The molecule has 0 atom stereocenters. The summed E-state index contributed by atoms with van der Waals surface area (Å²) in [5.74, 6) is 0.610. The Hall–Kier alpha value is -2.59. The first-order valence-corrected chi connectivity index (χ1v) is 9.03. The lowest BCUT2D eigenvalue weighted by Crippen LogP contribution is -2.27. The standard InChI is InChI=1S/C16H21N7O2S/c1-10-13(26-11(2)22-10)16(24)18-4-6-23-15-12(8-21-23)14(19-9-20-15)17-5-7-25-3/h8-9H,4-7H2,1-3H3,(H,18,24)(H,17,19,20). The lowest BCUT2D eigenvalue weighted by molar-refractivity contribution is 0.0955. The summed E-state index contributed by atoms with van der Waals surface area (Å²) in [5, 5.41) is 12.2. The third-order valence-electron chi connectivity index (χ3n) is 3.75. The van der Waals surface area contributed by atoms with E-state index < -0.39 is 0 Å². The van der Waals surface area contributed by atoms with E-state index >= 15 is 0 Å². The van der Waals surface area contributed by atoms with Gasteiger partial charge in [-0.05, 0) is 13.8 Å². The van der Waals surface area contributed by atoms with Crippen molar-refractivity contribution in [3.63, 3.8) is 0 Å². The average Bonchev–Trinajstić information content (AvgIpc) is 3.18. The number of hydrogen-bond acceptors (Lipinski definition) is 8. The summed E-state index contributed by atoms with van der Waals surface area (Å²) in [7, 11) is 1.65. The third-order valence-corrected chi connectivity index (χ3v) is 4.82. The molecule has 138 valence electrons. The van der Waals surface area contributed by atoms with Gasteiger partial charge in [0.2, 0.25) is 0 Å². The first-order chi connectivity index (χ1) is 12.6. The Bertz CT molecular complexity index is 905. The molecule has 0 radical (unpaired) electrons. The number of rotatable bonds is 8. The van der Waals surface area contributed by atoms with Gasteiger partial charge in [-0.2, -0.15) is 5.10 Å². The quantitative estimate of drug-likeness (QED) is 0.573. The molecule has 0 spiro atoms. The molecule has 3 rings (SSSR count). The second kappa shape index (κ2) is 8.19. The van der Waals surface area contributed by atoms with Gasteiger partial charge in [0.25, 0.3) is 5.91 Å². The maximum absolute atomic E-state index is 12.3. The van der Waals surface area contributed by atoms with Crippen molar-refractivity contribution in [3.05, 3.63) is 28.1 Å². The fraction of sp³-hybridized carbons (Fsp3) is 0.438. The van der Waals surface area contributed by atoms with Crippen LogP contribution in [0.3, 0.4) is 0 Å². The molecule has 0 saturated heterocycles. The first kappa shape index (κ1) is 18.2. The fourth-order valence-corrected chi connectivity index (χ4v) is 3.40. The van der Waals surface area contributed by atoms with Crippen LogP contribution < -0.4 is 10.6 Å². The number of carbonyl (C=O) groups is 1. The Morgan fingerprint density at radius 2 is 2.15 bits per heavy atom. The van der Waals surface area contributed by atoms with Crippen molar-refractivity contribution in [2.24, 2.45) is 0 Å². The molecule has 9 nitrogen and oxygen atoms in total. The number of amides is 1. The molecular weight excluding hydrogens is 354 g/mol. The third kappa shape index (κ3) is 3.97. The number of aromatic nitrogens is 5. The molecule has 3 heterocycles. The van der Waals surface area contributed by atoms with Gasteiger partial charge >= 0.3 is 0 Å². The Morgan fingerprint density at radius 1 is 1.31 bits per heavy atom. The van der Waals surface area contributed by atoms with E-state index in [9.17, 15) is 4.79 Å². The molecule has 2 N–H and O–H groups in total. The number of hydrogen-bond donors (Lipinski definition) is 2. The van der Waals surface area contributed by atoms with E-state index in [0.29, 0.717) is 31.1 Å². The van der Waals surface area contributed by atoms with Gasteiger partial charge in [0, 0.05) is 20.2 Å². The van der Waals surface area contributed by atoms with Crippen LogP contribution in [0.2, 0.25) is 0 Å². The minimum absolute atomic E-state index is 0.110. The van der Waals surface area contributed by atoms with Crippen molar-refractivity contribution in [3.8, 4) is 0 Å². The zero-order chi connectivity index (χ0) is 18.5. The SMILES string of the molecule is COCCNc1ncnc2c1cnn2CCNC(=O)c1sc(C)nc1C. The zero-order valence-corrected chi connectivity index (χ0v) is 15.8. The van der Waals surface area contributed by atoms with E-state index in [1.54, 1.807) is 18.0 Å². The van der Waals surface area contributed by atoms with Gasteiger partial charge in [0.05, 0.1) is 35.4 Å². The predicted molar refractivity (Wildman–Crippen MR) is 99.6 cm³/mol. The highest BCUT2D eigenvalue weighted by Gasteiger charge is 2.14. The van der Waals surface area contributed by atoms with Gasteiger partial charge in [-0.15, -0.1) is 11.3 Å². The van der Waals surface area contributed by atoms with Crippen LogP contribution >= 0.6 is 11.3 Å². The summed E-state index contributed by atoms with van der Waals surface area (Å²) in [6.07, 6.45) is 3.22. The van der Waals surface area contributed by atoms with Crippen molar-refractivity contribution in [2.75, 3.05) is 32.1 Å². The molecule has 0 aromatic carbocycles. The number of nitrogens with one attached hydrogen (secondary N) is 2. The van der Waals surface area contributed by atoms with Crippen LogP contribution in [0.5, 0.6) is 0 Å². The number of anilines is 1.